The van der Waals surface area contributed by atoms with E-state index in [0.717, 1.165) is 38.4 Å². The molecule has 1 aromatic rings. The lowest BCUT2D eigenvalue weighted by atomic mass is 9.95. The Morgan fingerprint density at radius 2 is 2.25 bits per heavy atom. The van der Waals surface area contributed by atoms with Gasteiger partial charge in [-0.25, -0.2) is 4.98 Å². The normalized spacial score (nSPS) is 25.0. The number of amides is 1. The number of aliphatic hydroxyl groups is 1. The van der Waals surface area contributed by atoms with Gasteiger partial charge in [-0.3, -0.25) is 9.78 Å². The number of carbonyl (C=O) groups excluding carboxylic acids is 1. The van der Waals surface area contributed by atoms with Crippen LogP contribution in [0.2, 0.25) is 0 Å². The van der Waals surface area contributed by atoms with Crippen molar-refractivity contribution in [2.75, 3.05) is 44.8 Å². The quantitative estimate of drug-likeness (QED) is 0.854. The van der Waals surface area contributed by atoms with Crippen molar-refractivity contribution in [2.24, 2.45) is 5.92 Å². The van der Waals surface area contributed by atoms with Crippen LogP contribution >= 0.6 is 0 Å². The Hall–Kier alpha value is -1.73. The molecule has 7 nitrogen and oxygen atoms in total. The lowest BCUT2D eigenvalue weighted by Crippen LogP contribution is -2.46. The number of ether oxygens (including phenoxy) is 1. The minimum atomic E-state index is -0.891. The molecule has 132 valence electrons. The molecule has 2 aliphatic rings. The van der Waals surface area contributed by atoms with Crippen LogP contribution in [-0.2, 0) is 9.53 Å². The summed E-state index contributed by atoms with van der Waals surface area (Å²) in [6, 6.07) is 0. The van der Waals surface area contributed by atoms with Crippen LogP contribution in [0.25, 0.3) is 0 Å². The molecule has 0 bridgehead atoms. The van der Waals surface area contributed by atoms with E-state index in [2.05, 4.69) is 9.97 Å². The second kappa shape index (κ2) is 7.44. The van der Waals surface area contributed by atoms with Crippen molar-refractivity contribution in [1.29, 1.82) is 0 Å². The van der Waals surface area contributed by atoms with E-state index in [9.17, 15) is 9.90 Å². The van der Waals surface area contributed by atoms with E-state index in [1.165, 1.54) is 0 Å². The van der Waals surface area contributed by atoms with Crippen molar-refractivity contribution in [3.8, 4) is 0 Å². The van der Waals surface area contributed by atoms with Gasteiger partial charge in [0.15, 0.2) is 0 Å². The topological polar surface area (TPSA) is 78.8 Å². The van der Waals surface area contributed by atoms with Crippen molar-refractivity contribution in [2.45, 2.75) is 31.3 Å². The first-order chi connectivity index (χ1) is 11.6. The third-order valence-corrected chi connectivity index (χ3v) is 4.97. The van der Waals surface area contributed by atoms with E-state index < -0.39 is 5.60 Å². The number of β-amino-alcohol motifs (C(OH)–C–C–N with tert-alkyl or cyclic N) is 1. The number of aromatic nitrogens is 2. The average molecular weight is 334 g/mol. The largest absolute Gasteiger partial charge is 0.386 e. The Labute approximate surface area is 142 Å². The van der Waals surface area contributed by atoms with Gasteiger partial charge in [0.2, 0.25) is 5.91 Å². The Morgan fingerprint density at radius 3 is 2.96 bits per heavy atom. The molecule has 0 aliphatic carbocycles. The lowest BCUT2D eigenvalue weighted by Gasteiger charge is -2.30. The minimum absolute atomic E-state index is 0.105. The first kappa shape index (κ1) is 17.1. The molecule has 7 heteroatoms. The smallest absolute Gasteiger partial charge is 0.222 e. The zero-order valence-corrected chi connectivity index (χ0v) is 14.2. The third kappa shape index (κ3) is 4.21. The molecule has 0 radical (unpaired) electrons. The van der Waals surface area contributed by atoms with Gasteiger partial charge in [-0.15, -0.1) is 0 Å². The standard InChI is InChI=1S/C17H26N4O3/c1-20(16(22)10-14-2-8-24-9-3-14)12-17(23)4-7-21(13-17)15-11-18-5-6-19-15/h5-6,11,14,23H,2-4,7-10,12-13H2,1H3/t17-/m1/s1. The Bertz CT molecular complexity index is 550. The van der Waals surface area contributed by atoms with Gasteiger partial charge >= 0.3 is 0 Å². The summed E-state index contributed by atoms with van der Waals surface area (Å²) in [4.78, 5) is 24.5. The van der Waals surface area contributed by atoms with Gasteiger partial charge in [0.25, 0.3) is 0 Å². The summed E-state index contributed by atoms with van der Waals surface area (Å²) >= 11 is 0. The van der Waals surface area contributed by atoms with Gasteiger partial charge in [0.05, 0.1) is 12.7 Å². The summed E-state index contributed by atoms with van der Waals surface area (Å²) in [5.41, 5.74) is -0.891. The van der Waals surface area contributed by atoms with Crippen LogP contribution in [0.15, 0.2) is 18.6 Å². The first-order valence-electron chi connectivity index (χ1n) is 8.61. The summed E-state index contributed by atoms with van der Waals surface area (Å²) in [6.45, 7) is 3.04. The van der Waals surface area contributed by atoms with Gasteiger partial charge < -0.3 is 19.6 Å². The molecule has 0 saturated carbocycles. The van der Waals surface area contributed by atoms with Crippen molar-refractivity contribution < 1.29 is 14.6 Å². The third-order valence-electron chi connectivity index (χ3n) is 4.97. The maximum atomic E-state index is 12.4. The maximum Gasteiger partial charge on any atom is 0.222 e. The molecule has 24 heavy (non-hydrogen) atoms. The van der Waals surface area contributed by atoms with Crippen molar-refractivity contribution in [3.05, 3.63) is 18.6 Å². The molecule has 2 saturated heterocycles. The summed E-state index contributed by atoms with van der Waals surface area (Å²) in [7, 11) is 1.78. The molecule has 1 amide bonds. The SMILES string of the molecule is CN(C[C@]1(O)CCN(c2cnccn2)C1)C(=O)CC1CCOCC1. The number of hydrogen-bond acceptors (Lipinski definition) is 6. The molecule has 0 aromatic carbocycles. The molecular formula is C17H26N4O3. The fourth-order valence-electron chi connectivity index (χ4n) is 3.52. The monoisotopic (exact) mass is 334 g/mol. The van der Waals surface area contributed by atoms with Crippen molar-refractivity contribution in [3.63, 3.8) is 0 Å². The van der Waals surface area contributed by atoms with Gasteiger partial charge in [-0.1, -0.05) is 0 Å². The Morgan fingerprint density at radius 1 is 1.46 bits per heavy atom. The highest BCUT2D eigenvalue weighted by molar-refractivity contribution is 5.76. The van der Waals surface area contributed by atoms with Gasteiger partial charge in [-0.05, 0) is 25.2 Å². The molecule has 2 aliphatic heterocycles. The molecular weight excluding hydrogens is 308 g/mol. The maximum absolute atomic E-state index is 12.4. The lowest BCUT2D eigenvalue weighted by molar-refractivity contribution is -0.134. The number of hydrogen-bond donors (Lipinski definition) is 1. The van der Waals surface area contributed by atoms with E-state index in [1.54, 1.807) is 30.5 Å². The van der Waals surface area contributed by atoms with E-state index in [-0.39, 0.29) is 5.91 Å². The number of carbonyl (C=O) groups is 1. The van der Waals surface area contributed by atoms with Crippen molar-refractivity contribution >= 4 is 11.7 Å². The van der Waals surface area contributed by atoms with Crippen LogP contribution in [0.5, 0.6) is 0 Å². The van der Waals surface area contributed by atoms with Gasteiger partial charge in [-0.2, -0.15) is 0 Å². The first-order valence-corrected chi connectivity index (χ1v) is 8.61. The Balaban J connectivity index is 1.52. The average Bonchev–Trinajstić information content (AvgIpc) is 2.98. The fourth-order valence-corrected chi connectivity index (χ4v) is 3.52. The molecule has 3 heterocycles. The molecule has 1 atom stereocenters. The van der Waals surface area contributed by atoms with E-state index in [4.69, 9.17) is 4.74 Å². The summed E-state index contributed by atoms with van der Waals surface area (Å²) in [6.07, 6.45) is 8.05. The van der Waals surface area contributed by atoms with Crippen molar-refractivity contribution in [1.82, 2.24) is 14.9 Å². The second-order valence-corrected chi connectivity index (χ2v) is 6.97. The van der Waals surface area contributed by atoms with Crippen LogP contribution in [0.4, 0.5) is 5.82 Å². The van der Waals surface area contributed by atoms with Gasteiger partial charge in [0.1, 0.15) is 11.4 Å². The summed E-state index contributed by atoms with van der Waals surface area (Å²) < 4.78 is 5.34. The molecule has 3 rings (SSSR count). The number of anilines is 1. The van der Waals surface area contributed by atoms with Gasteiger partial charge in [0, 0.05) is 52.2 Å². The highest BCUT2D eigenvalue weighted by Crippen LogP contribution is 2.26. The molecule has 0 unspecified atom stereocenters. The zero-order valence-electron chi connectivity index (χ0n) is 14.2. The molecule has 2 fully saturated rings. The molecule has 0 spiro atoms. The van der Waals surface area contributed by atoms with Crippen LogP contribution in [-0.4, -0.2) is 71.4 Å². The van der Waals surface area contributed by atoms with E-state index in [0.29, 0.717) is 31.8 Å². The van der Waals surface area contributed by atoms with Crippen LogP contribution < -0.4 is 4.90 Å². The number of rotatable bonds is 5. The van der Waals surface area contributed by atoms with E-state index in [1.807, 2.05) is 4.90 Å². The molecule has 1 aromatic heterocycles. The zero-order chi connectivity index (χ0) is 17.0. The highest BCUT2D eigenvalue weighted by Gasteiger charge is 2.38. The number of likely N-dealkylation sites (N-methyl/N-ethyl adjacent to an activating group) is 1. The second-order valence-electron chi connectivity index (χ2n) is 6.97. The minimum Gasteiger partial charge on any atom is -0.386 e. The predicted molar refractivity (Wildman–Crippen MR) is 89.6 cm³/mol. The van der Waals surface area contributed by atoms with Crippen LogP contribution in [0.1, 0.15) is 25.7 Å². The number of nitrogens with zero attached hydrogens (tertiary/aromatic N) is 4. The highest BCUT2D eigenvalue weighted by atomic mass is 16.5. The summed E-state index contributed by atoms with van der Waals surface area (Å²) in [5.74, 6) is 1.28. The fraction of sp³-hybridized carbons (Fsp3) is 0.706. The van der Waals surface area contributed by atoms with E-state index >= 15 is 0 Å². The molecule has 1 N–H and O–H groups in total. The summed E-state index contributed by atoms with van der Waals surface area (Å²) in [5, 5.41) is 10.8. The Kier molecular flexibility index (Phi) is 5.30. The van der Waals surface area contributed by atoms with Crippen LogP contribution in [0.3, 0.4) is 0 Å². The predicted octanol–water partition coefficient (Wildman–Crippen LogP) is 0.693. The van der Waals surface area contributed by atoms with Crippen LogP contribution in [0, 0.1) is 5.92 Å².